The lowest BCUT2D eigenvalue weighted by atomic mass is 9.96. The molecular weight excluding hydrogens is 432 g/mol. The number of fused-ring (bicyclic) bond motifs is 1. The summed E-state index contributed by atoms with van der Waals surface area (Å²) in [5.74, 6) is -0.258. The maximum Gasteiger partial charge on any atom is 0.296 e. The van der Waals surface area contributed by atoms with Gasteiger partial charge in [-0.3, -0.25) is 14.6 Å². The van der Waals surface area contributed by atoms with Crippen molar-refractivity contribution in [3.63, 3.8) is 0 Å². The van der Waals surface area contributed by atoms with E-state index in [1.54, 1.807) is 49.7 Å². The molecule has 1 N–H and O–H groups in total. The van der Waals surface area contributed by atoms with Gasteiger partial charge in [0.1, 0.15) is 23.3 Å². The van der Waals surface area contributed by atoms with Crippen molar-refractivity contribution in [3.8, 4) is 11.5 Å². The second kappa shape index (κ2) is 9.02. The average molecular weight is 456 g/mol. The lowest BCUT2D eigenvalue weighted by Crippen LogP contribution is -2.29. The van der Waals surface area contributed by atoms with Gasteiger partial charge < -0.3 is 19.5 Å². The number of aliphatic hydroxyl groups is 1. The number of rotatable bonds is 5. The Labute approximate surface area is 197 Å². The van der Waals surface area contributed by atoms with Crippen LogP contribution in [0.4, 0.5) is 0 Å². The van der Waals surface area contributed by atoms with E-state index in [0.717, 1.165) is 29.7 Å². The van der Waals surface area contributed by atoms with E-state index in [0.29, 0.717) is 23.6 Å². The number of aromatic nitrogens is 1. The van der Waals surface area contributed by atoms with Crippen LogP contribution in [0.5, 0.6) is 11.5 Å². The molecule has 0 bridgehead atoms. The number of likely N-dealkylation sites (tertiary alicyclic amines) is 1. The van der Waals surface area contributed by atoms with E-state index in [2.05, 4.69) is 4.98 Å². The molecule has 1 aromatic heterocycles. The molecule has 3 aromatic rings. The van der Waals surface area contributed by atoms with Gasteiger partial charge in [0.25, 0.3) is 11.7 Å². The molecule has 0 spiro atoms. The molecule has 2 aromatic carbocycles. The molecule has 2 aliphatic rings. The van der Waals surface area contributed by atoms with Gasteiger partial charge in [-0.1, -0.05) is 24.3 Å². The molecule has 5 rings (SSSR count). The number of para-hydroxylation sites is 1. The van der Waals surface area contributed by atoms with Crippen molar-refractivity contribution in [3.05, 3.63) is 94.8 Å². The van der Waals surface area contributed by atoms with E-state index >= 15 is 0 Å². The summed E-state index contributed by atoms with van der Waals surface area (Å²) >= 11 is 0. The van der Waals surface area contributed by atoms with Gasteiger partial charge in [0.2, 0.25) is 0 Å². The lowest BCUT2D eigenvalue weighted by Gasteiger charge is -2.25. The van der Waals surface area contributed by atoms with Crippen LogP contribution in [0.25, 0.3) is 5.76 Å². The number of Topliss-reactive ketones (excluding diaryl/α,β-unsaturated/α-hetero) is 1. The number of amides is 1. The van der Waals surface area contributed by atoms with Crippen molar-refractivity contribution in [1.29, 1.82) is 0 Å². The molecule has 7 heteroatoms. The summed E-state index contributed by atoms with van der Waals surface area (Å²) in [6.07, 6.45) is 3.31. The van der Waals surface area contributed by atoms with Gasteiger partial charge in [0.05, 0.1) is 31.5 Å². The number of aliphatic hydroxyl groups excluding tert-OH is 1. The van der Waals surface area contributed by atoms with Crippen LogP contribution in [0.2, 0.25) is 0 Å². The second-order valence-corrected chi connectivity index (χ2v) is 8.27. The third kappa shape index (κ3) is 3.79. The van der Waals surface area contributed by atoms with Crippen molar-refractivity contribution in [2.24, 2.45) is 0 Å². The largest absolute Gasteiger partial charge is 0.507 e. The molecule has 0 aliphatic carbocycles. The highest BCUT2D eigenvalue weighted by atomic mass is 16.5. The number of ether oxygens (including phenoxy) is 2. The maximum absolute atomic E-state index is 13.3. The summed E-state index contributed by atoms with van der Waals surface area (Å²) in [6.45, 7) is 0.788. The van der Waals surface area contributed by atoms with Crippen LogP contribution in [-0.2, 0) is 22.6 Å². The summed E-state index contributed by atoms with van der Waals surface area (Å²) < 4.78 is 11.1. The maximum atomic E-state index is 13.3. The van der Waals surface area contributed by atoms with E-state index in [9.17, 15) is 14.7 Å². The fraction of sp³-hybridized carbons (Fsp3) is 0.222. The fourth-order valence-corrected chi connectivity index (χ4v) is 4.57. The SMILES string of the molecule is COc1ccccc1CN1C(=O)C(=O)/C(=C(\O)c2ccc3c(c2)CCCO3)C1c1ccccn1. The fourth-order valence-electron chi connectivity index (χ4n) is 4.57. The highest BCUT2D eigenvalue weighted by Crippen LogP contribution is 2.41. The van der Waals surface area contributed by atoms with Crippen LogP contribution in [-0.4, -0.2) is 40.4 Å². The van der Waals surface area contributed by atoms with E-state index in [-0.39, 0.29) is 17.9 Å². The highest BCUT2D eigenvalue weighted by molar-refractivity contribution is 6.46. The summed E-state index contributed by atoms with van der Waals surface area (Å²) in [5, 5.41) is 11.3. The zero-order chi connectivity index (χ0) is 23.7. The van der Waals surface area contributed by atoms with Crippen LogP contribution in [0.1, 0.15) is 34.8 Å². The van der Waals surface area contributed by atoms with E-state index < -0.39 is 17.7 Å². The second-order valence-electron chi connectivity index (χ2n) is 8.27. The molecule has 172 valence electrons. The molecule has 1 fully saturated rings. The summed E-state index contributed by atoms with van der Waals surface area (Å²) in [4.78, 5) is 32.3. The number of carbonyl (C=O) groups is 2. The number of nitrogens with zero attached hydrogens (tertiary/aromatic N) is 2. The summed E-state index contributed by atoms with van der Waals surface area (Å²) in [7, 11) is 1.56. The van der Waals surface area contributed by atoms with Gasteiger partial charge >= 0.3 is 0 Å². The number of aryl methyl sites for hydroxylation is 1. The molecule has 1 atom stereocenters. The van der Waals surface area contributed by atoms with E-state index in [4.69, 9.17) is 9.47 Å². The van der Waals surface area contributed by atoms with Crippen LogP contribution < -0.4 is 9.47 Å². The minimum atomic E-state index is -0.835. The minimum absolute atomic E-state index is 0.0234. The quantitative estimate of drug-likeness (QED) is 0.354. The molecule has 1 unspecified atom stereocenters. The molecule has 34 heavy (non-hydrogen) atoms. The van der Waals surface area contributed by atoms with E-state index in [1.807, 2.05) is 24.3 Å². The average Bonchev–Trinajstić information content (AvgIpc) is 3.13. The van der Waals surface area contributed by atoms with E-state index in [1.165, 1.54) is 4.90 Å². The molecule has 3 heterocycles. The Hall–Kier alpha value is -4.13. The zero-order valence-electron chi connectivity index (χ0n) is 18.7. The standard InChI is InChI=1S/C27H24N2O5/c1-33-21-10-3-2-7-19(21)16-29-24(20-9-4-5-13-28-20)23(26(31)27(29)32)25(30)18-11-12-22-17(15-18)8-6-14-34-22/h2-5,7,9-13,15,24,30H,6,8,14,16H2,1H3/b25-23-. The molecule has 7 nitrogen and oxygen atoms in total. The Morgan fingerprint density at radius 2 is 1.97 bits per heavy atom. The Morgan fingerprint density at radius 3 is 2.76 bits per heavy atom. The normalized spacial score (nSPS) is 19.0. The zero-order valence-corrected chi connectivity index (χ0v) is 18.7. The van der Waals surface area contributed by atoms with Gasteiger partial charge in [-0.15, -0.1) is 0 Å². The van der Waals surface area contributed by atoms with Gasteiger partial charge in [0.15, 0.2) is 0 Å². The third-order valence-electron chi connectivity index (χ3n) is 6.22. The van der Waals surface area contributed by atoms with Crippen molar-refractivity contribution < 1.29 is 24.2 Å². The number of hydrogen-bond acceptors (Lipinski definition) is 6. The number of methoxy groups -OCH3 is 1. The minimum Gasteiger partial charge on any atom is -0.507 e. The van der Waals surface area contributed by atoms with Crippen molar-refractivity contribution >= 4 is 17.4 Å². The number of pyridine rings is 1. The van der Waals surface area contributed by atoms with Crippen LogP contribution in [0.15, 0.2) is 72.4 Å². The first-order valence-electron chi connectivity index (χ1n) is 11.2. The highest BCUT2D eigenvalue weighted by Gasteiger charge is 2.47. The molecular formula is C27H24N2O5. The van der Waals surface area contributed by atoms with Crippen LogP contribution >= 0.6 is 0 Å². The smallest absolute Gasteiger partial charge is 0.296 e. The van der Waals surface area contributed by atoms with Crippen LogP contribution in [0.3, 0.4) is 0 Å². The molecule has 0 saturated carbocycles. The van der Waals surface area contributed by atoms with Gasteiger partial charge in [-0.05, 0) is 54.8 Å². The first-order valence-corrected chi connectivity index (χ1v) is 11.2. The Kier molecular flexibility index (Phi) is 5.76. The predicted octanol–water partition coefficient (Wildman–Crippen LogP) is 4.04. The van der Waals surface area contributed by atoms with Gasteiger partial charge in [0, 0.05) is 17.3 Å². The van der Waals surface area contributed by atoms with Gasteiger partial charge in [-0.25, -0.2) is 0 Å². The molecule has 0 radical (unpaired) electrons. The molecule has 1 amide bonds. The Bertz CT molecular complexity index is 1290. The molecule has 2 aliphatic heterocycles. The van der Waals surface area contributed by atoms with Crippen molar-refractivity contribution in [2.75, 3.05) is 13.7 Å². The first-order chi connectivity index (χ1) is 16.6. The Morgan fingerprint density at radius 1 is 1.15 bits per heavy atom. The first kappa shape index (κ1) is 21.7. The van der Waals surface area contributed by atoms with Crippen LogP contribution in [0, 0.1) is 0 Å². The topological polar surface area (TPSA) is 89.0 Å². The Balaban J connectivity index is 1.62. The van der Waals surface area contributed by atoms with Crippen molar-refractivity contribution in [2.45, 2.75) is 25.4 Å². The van der Waals surface area contributed by atoms with Gasteiger partial charge in [-0.2, -0.15) is 0 Å². The summed E-state index contributed by atoms with van der Waals surface area (Å²) in [6, 6.07) is 17.1. The number of benzene rings is 2. The third-order valence-corrected chi connectivity index (χ3v) is 6.22. The van der Waals surface area contributed by atoms with Crippen molar-refractivity contribution in [1.82, 2.24) is 9.88 Å². The lowest BCUT2D eigenvalue weighted by molar-refractivity contribution is -0.140. The summed E-state index contributed by atoms with van der Waals surface area (Å²) in [5.41, 5.74) is 2.71. The number of hydrogen-bond donors (Lipinski definition) is 1. The number of ketones is 1. The molecule has 1 saturated heterocycles. The monoisotopic (exact) mass is 456 g/mol. The number of carbonyl (C=O) groups excluding carboxylic acids is 2. The predicted molar refractivity (Wildman–Crippen MR) is 125 cm³/mol.